The molecule has 0 bridgehead atoms. The molecule has 2 heterocycles. The number of phenols is 1. The highest BCUT2D eigenvalue weighted by atomic mass is 16.5. The number of rotatable bonds is 11. The molecule has 2 N–H and O–H groups in total. The Kier molecular flexibility index (Phi) is 8.57. The second-order valence-electron chi connectivity index (χ2n) is 9.57. The number of carboxylic acid groups (broad SMARTS) is 1. The van der Waals surface area contributed by atoms with Crippen LogP contribution in [0.4, 0.5) is 0 Å². The van der Waals surface area contributed by atoms with Gasteiger partial charge in [0.2, 0.25) is 5.82 Å². The number of tetrazole rings is 1. The van der Waals surface area contributed by atoms with Gasteiger partial charge in [0.25, 0.3) is 0 Å². The van der Waals surface area contributed by atoms with Gasteiger partial charge >= 0.3 is 5.97 Å². The van der Waals surface area contributed by atoms with Crippen molar-refractivity contribution in [3.05, 3.63) is 95.6 Å². The molecule has 5 rings (SSSR count). The van der Waals surface area contributed by atoms with Gasteiger partial charge in [-0.1, -0.05) is 66.7 Å². The number of carbonyl (C=O) groups is 1. The number of carboxylic acids is 1. The van der Waals surface area contributed by atoms with Crippen LogP contribution in [-0.2, 0) is 22.6 Å². The summed E-state index contributed by atoms with van der Waals surface area (Å²) in [5, 5.41) is 31.5. The van der Waals surface area contributed by atoms with Crippen molar-refractivity contribution in [1.82, 2.24) is 30.0 Å². The molecule has 202 valence electrons. The Hall–Kier alpha value is -4.12. The fourth-order valence-electron chi connectivity index (χ4n) is 4.90. The van der Waals surface area contributed by atoms with Gasteiger partial charge in [0, 0.05) is 38.3 Å². The van der Waals surface area contributed by atoms with Gasteiger partial charge in [0.15, 0.2) is 0 Å². The van der Waals surface area contributed by atoms with Gasteiger partial charge < -0.3 is 14.9 Å². The summed E-state index contributed by atoms with van der Waals surface area (Å²) in [4.78, 5) is 16.9. The van der Waals surface area contributed by atoms with E-state index >= 15 is 0 Å². The van der Waals surface area contributed by atoms with Crippen LogP contribution in [0.2, 0.25) is 0 Å². The number of aromatic nitrogens is 4. The van der Waals surface area contributed by atoms with Gasteiger partial charge in [-0.3, -0.25) is 9.80 Å². The molecule has 1 aromatic heterocycles. The average molecular weight is 529 g/mol. The van der Waals surface area contributed by atoms with Gasteiger partial charge in [-0.25, -0.2) is 4.79 Å². The fraction of sp³-hybridized carbons (Fsp3) is 0.310. The SMILES string of the molecule is O=C(O)COCCn1nnc(-c2ccc([C@@H](c3cccc(O)c3)N3CCN(Cc4ccccc4)CC3)cc2)n1. The molecule has 0 saturated carbocycles. The Labute approximate surface area is 227 Å². The minimum absolute atomic E-state index is 0.0000471. The lowest BCUT2D eigenvalue weighted by atomic mass is 9.95. The van der Waals surface area contributed by atoms with Crippen LogP contribution in [-0.4, -0.2) is 85.6 Å². The summed E-state index contributed by atoms with van der Waals surface area (Å²) in [7, 11) is 0. The minimum atomic E-state index is -1.01. The zero-order chi connectivity index (χ0) is 27.0. The summed E-state index contributed by atoms with van der Waals surface area (Å²) in [6.45, 7) is 4.84. The van der Waals surface area contributed by atoms with Crippen molar-refractivity contribution in [1.29, 1.82) is 0 Å². The number of ether oxygens (including phenoxy) is 1. The summed E-state index contributed by atoms with van der Waals surface area (Å²) in [6, 6.07) is 26.2. The molecule has 4 aromatic rings. The molecule has 0 spiro atoms. The molecule has 1 saturated heterocycles. The monoisotopic (exact) mass is 528 g/mol. The van der Waals surface area contributed by atoms with Crippen LogP contribution in [0, 0.1) is 0 Å². The summed E-state index contributed by atoms with van der Waals surface area (Å²) in [5.74, 6) is -0.270. The number of nitrogens with zero attached hydrogens (tertiary/aromatic N) is 6. The predicted molar refractivity (Wildman–Crippen MR) is 145 cm³/mol. The molecule has 1 fully saturated rings. The smallest absolute Gasteiger partial charge is 0.329 e. The van der Waals surface area contributed by atoms with E-state index in [0.29, 0.717) is 12.4 Å². The molecule has 1 atom stereocenters. The second-order valence-corrected chi connectivity index (χ2v) is 9.57. The molecule has 0 amide bonds. The third kappa shape index (κ3) is 7.05. The molecule has 10 nitrogen and oxygen atoms in total. The zero-order valence-corrected chi connectivity index (χ0v) is 21.6. The molecule has 39 heavy (non-hydrogen) atoms. The first-order chi connectivity index (χ1) is 19.0. The van der Waals surface area contributed by atoms with Crippen molar-refractivity contribution in [2.24, 2.45) is 0 Å². The van der Waals surface area contributed by atoms with Crippen LogP contribution in [0.5, 0.6) is 5.75 Å². The first-order valence-electron chi connectivity index (χ1n) is 13.0. The molecule has 10 heteroatoms. The molecule has 3 aromatic carbocycles. The van der Waals surface area contributed by atoms with E-state index in [-0.39, 0.29) is 25.0 Å². The first-order valence-corrected chi connectivity index (χ1v) is 13.0. The fourth-order valence-corrected chi connectivity index (χ4v) is 4.90. The van der Waals surface area contributed by atoms with Crippen LogP contribution in [0.1, 0.15) is 22.7 Å². The topological polar surface area (TPSA) is 117 Å². The van der Waals surface area contributed by atoms with E-state index in [1.807, 2.05) is 30.3 Å². The Morgan fingerprint density at radius 2 is 1.69 bits per heavy atom. The Morgan fingerprint density at radius 3 is 2.41 bits per heavy atom. The van der Waals surface area contributed by atoms with Crippen LogP contribution < -0.4 is 0 Å². The third-order valence-electron chi connectivity index (χ3n) is 6.81. The van der Waals surface area contributed by atoms with E-state index in [1.54, 1.807) is 6.07 Å². The molecule has 1 aliphatic heterocycles. The number of piperazine rings is 1. The normalized spacial score (nSPS) is 15.3. The van der Waals surface area contributed by atoms with Crippen LogP contribution in [0.3, 0.4) is 0 Å². The highest BCUT2D eigenvalue weighted by Gasteiger charge is 2.27. The predicted octanol–water partition coefficient (Wildman–Crippen LogP) is 3.05. The lowest BCUT2D eigenvalue weighted by molar-refractivity contribution is -0.142. The van der Waals surface area contributed by atoms with Crippen molar-refractivity contribution >= 4 is 5.97 Å². The van der Waals surface area contributed by atoms with Crippen LogP contribution >= 0.6 is 0 Å². The van der Waals surface area contributed by atoms with Crippen molar-refractivity contribution in [2.45, 2.75) is 19.1 Å². The molecule has 0 unspecified atom stereocenters. The molecular formula is C29H32N6O4. The van der Waals surface area contributed by atoms with Gasteiger partial charge in [0.1, 0.15) is 12.4 Å². The summed E-state index contributed by atoms with van der Waals surface area (Å²) in [6.07, 6.45) is 0. The summed E-state index contributed by atoms with van der Waals surface area (Å²) in [5.41, 5.74) is 4.32. The highest BCUT2D eigenvalue weighted by Crippen LogP contribution is 2.32. The number of phenolic OH excluding ortho intramolecular Hbond substituents is 1. The quantitative estimate of drug-likeness (QED) is 0.283. The van der Waals surface area contributed by atoms with Crippen molar-refractivity contribution in [3.63, 3.8) is 0 Å². The van der Waals surface area contributed by atoms with Crippen molar-refractivity contribution < 1.29 is 19.7 Å². The van der Waals surface area contributed by atoms with Crippen LogP contribution in [0.15, 0.2) is 78.9 Å². The molecule has 1 aliphatic rings. The largest absolute Gasteiger partial charge is 0.508 e. The maximum absolute atomic E-state index is 10.6. The summed E-state index contributed by atoms with van der Waals surface area (Å²) >= 11 is 0. The van der Waals surface area contributed by atoms with E-state index in [9.17, 15) is 9.90 Å². The minimum Gasteiger partial charge on any atom is -0.508 e. The lowest BCUT2D eigenvalue weighted by Crippen LogP contribution is -2.47. The van der Waals surface area contributed by atoms with E-state index < -0.39 is 5.97 Å². The number of hydrogen-bond donors (Lipinski definition) is 2. The molecule has 0 aliphatic carbocycles. The molecular weight excluding hydrogens is 496 g/mol. The zero-order valence-electron chi connectivity index (χ0n) is 21.6. The number of benzene rings is 3. The van der Waals surface area contributed by atoms with E-state index in [1.165, 1.54) is 10.4 Å². The summed E-state index contributed by atoms with van der Waals surface area (Å²) < 4.78 is 5.05. The second kappa shape index (κ2) is 12.6. The number of aromatic hydroxyl groups is 1. The number of hydrogen-bond acceptors (Lipinski definition) is 8. The Balaban J connectivity index is 1.28. The Bertz CT molecular complexity index is 1350. The molecule has 0 radical (unpaired) electrons. The van der Waals surface area contributed by atoms with Gasteiger partial charge in [0.05, 0.1) is 19.2 Å². The van der Waals surface area contributed by atoms with E-state index in [4.69, 9.17) is 9.84 Å². The highest BCUT2D eigenvalue weighted by molar-refractivity contribution is 5.68. The van der Waals surface area contributed by atoms with E-state index in [0.717, 1.165) is 49.4 Å². The lowest BCUT2D eigenvalue weighted by Gasteiger charge is -2.40. The third-order valence-corrected chi connectivity index (χ3v) is 6.81. The average Bonchev–Trinajstić information content (AvgIpc) is 3.42. The Morgan fingerprint density at radius 1 is 0.923 bits per heavy atom. The van der Waals surface area contributed by atoms with Gasteiger partial charge in [-0.15, -0.1) is 10.2 Å². The standard InChI is InChI=1S/C29H32N6O4/c36-26-8-4-7-25(19-26)28(34-15-13-33(14-16-34)20-22-5-2-1-3-6-22)23-9-11-24(12-10-23)29-30-32-35(31-29)17-18-39-21-27(37)38/h1-12,19,28,36H,13-18,20-21H2,(H,37,38)/t28-/m0/s1. The van der Waals surface area contributed by atoms with Gasteiger partial charge in [-0.2, -0.15) is 4.80 Å². The van der Waals surface area contributed by atoms with Crippen molar-refractivity contribution in [3.8, 4) is 17.1 Å². The van der Waals surface area contributed by atoms with Crippen LogP contribution in [0.25, 0.3) is 11.4 Å². The maximum Gasteiger partial charge on any atom is 0.329 e. The van der Waals surface area contributed by atoms with Gasteiger partial charge in [-0.05, 0) is 34.0 Å². The van der Waals surface area contributed by atoms with Crippen molar-refractivity contribution in [2.75, 3.05) is 39.4 Å². The van der Waals surface area contributed by atoms with E-state index in [2.05, 4.69) is 67.7 Å². The number of aliphatic carboxylic acids is 1. The first kappa shape index (κ1) is 26.5. The maximum atomic E-state index is 10.6.